The van der Waals surface area contributed by atoms with Crippen LogP contribution in [-0.4, -0.2) is 19.5 Å². The zero-order valence-corrected chi connectivity index (χ0v) is 12.7. The van der Waals surface area contributed by atoms with Gasteiger partial charge in [0.15, 0.2) is 6.29 Å². The van der Waals surface area contributed by atoms with Crippen LogP contribution in [0, 0.1) is 11.8 Å². The average Bonchev–Trinajstić information content (AvgIpc) is 2.57. The lowest BCUT2D eigenvalue weighted by atomic mass is 9.70. The van der Waals surface area contributed by atoms with Gasteiger partial charge in [-0.1, -0.05) is 36.4 Å². The maximum absolute atomic E-state index is 5.92. The van der Waals surface area contributed by atoms with Crippen molar-refractivity contribution in [3.63, 3.8) is 0 Å². The molecule has 3 unspecified atom stereocenters. The van der Waals surface area contributed by atoms with Gasteiger partial charge in [0.2, 0.25) is 0 Å². The second-order valence-corrected chi connectivity index (χ2v) is 6.35. The number of ether oxygens (including phenoxy) is 2. The van der Waals surface area contributed by atoms with Crippen molar-refractivity contribution in [3.8, 4) is 0 Å². The zero-order chi connectivity index (χ0) is 14.5. The lowest BCUT2D eigenvalue weighted by Gasteiger charge is -2.41. The highest BCUT2D eigenvalue weighted by atomic mass is 16.7. The Morgan fingerprint density at radius 2 is 1.86 bits per heavy atom. The molecule has 2 fully saturated rings. The molecule has 0 N–H and O–H groups in total. The van der Waals surface area contributed by atoms with Gasteiger partial charge in [0, 0.05) is 5.92 Å². The largest absolute Gasteiger partial charge is 0.352 e. The minimum absolute atomic E-state index is 0.00589. The Labute approximate surface area is 128 Å². The Bertz CT molecular complexity index is 436. The highest BCUT2D eigenvalue weighted by Crippen LogP contribution is 2.44. The molecule has 0 aromatic heterocycles. The molecule has 2 heteroatoms. The number of hydrogen-bond donors (Lipinski definition) is 0. The lowest BCUT2D eigenvalue weighted by molar-refractivity contribution is -0.214. The summed E-state index contributed by atoms with van der Waals surface area (Å²) in [6.07, 6.45) is 7.91. The molecule has 0 radical (unpaired) electrons. The van der Waals surface area contributed by atoms with E-state index in [-0.39, 0.29) is 6.29 Å². The van der Waals surface area contributed by atoms with Gasteiger partial charge < -0.3 is 9.47 Å². The van der Waals surface area contributed by atoms with Crippen LogP contribution in [0.3, 0.4) is 0 Å². The molecule has 0 amide bonds. The van der Waals surface area contributed by atoms with Crippen LogP contribution in [0.1, 0.15) is 43.6 Å². The summed E-state index contributed by atoms with van der Waals surface area (Å²) in [6.45, 7) is 5.60. The molecule has 2 nitrogen and oxygen atoms in total. The second kappa shape index (κ2) is 7.24. The van der Waals surface area contributed by atoms with Gasteiger partial charge in [-0.15, -0.1) is 6.58 Å². The van der Waals surface area contributed by atoms with Gasteiger partial charge in [-0.3, -0.25) is 0 Å². The van der Waals surface area contributed by atoms with Crippen molar-refractivity contribution in [1.29, 1.82) is 0 Å². The molecule has 1 aromatic carbocycles. The van der Waals surface area contributed by atoms with Crippen molar-refractivity contribution in [3.05, 3.63) is 48.6 Å². The van der Waals surface area contributed by atoms with Crippen LogP contribution < -0.4 is 0 Å². The molecule has 1 aliphatic carbocycles. The third kappa shape index (κ3) is 3.56. The Balaban J connectivity index is 1.78. The Kier molecular flexibility index (Phi) is 5.10. The minimum Gasteiger partial charge on any atom is -0.352 e. The molecule has 1 saturated heterocycles. The first-order chi connectivity index (χ1) is 10.4. The fourth-order valence-electron chi connectivity index (χ4n) is 3.89. The van der Waals surface area contributed by atoms with E-state index in [1.165, 1.54) is 24.8 Å². The third-order valence-electron chi connectivity index (χ3n) is 4.94. The van der Waals surface area contributed by atoms with E-state index < -0.39 is 0 Å². The summed E-state index contributed by atoms with van der Waals surface area (Å²) in [6, 6.07) is 10.9. The summed E-state index contributed by atoms with van der Waals surface area (Å²) in [7, 11) is 0. The van der Waals surface area contributed by atoms with E-state index in [4.69, 9.17) is 9.47 Å². The van der Waals surface area contributed by atoms with Crippen LogP contribution >= 0.6 is 0 Å². The standard InChI is InChI=1S/C19H26O2/c1-2-7-15-10-11-17(19-20-12-6-13-21-19)18(14-15)16-8-4-3-5-9-16/h2-5,8-9,15,17-19H,1,6-7,10-14H2. The summed E-state index contributed by atoms with van der Waals surface area (Å²) >= 11 is 0. The SMILES string of the molecule is C=CCC1CCC(C2OCCCO2)C(c2ccccc2)C1. The fraction of sp³-hybridized carbons (Fsp3) is 0.579. The Morgan fingerprint density at radius 1 is 1.10 bits per heavy atom. The van der Waals surface area contributed by atoms with Crippen LogP contribution in [0.25, 0.3) is 0 Å². The van der Waals surface area contributed by atoms with Crippen molar-refractivity contribution in [2.24, 2.45) is 11.8 Å². The molecular weight excluding hydrogens is 260 g/mol. The quantitative estimate of drug-likeness (QED) is 0.757. The summed E-state index contributed by atoms with van der Waals surface area (Å²) < 4.78 is 11.8. The van der Waals surface area contributed by atoms with Crippen LogP contribution in [0.2, 0.25) is 0 Å². The number of allylic oxidation sites excluding steroid dienone is 1. The number of rotatable bonds is 4. The third-order valence-corrected chi connectivity index (χ3v) is 4.94. The molecule has 3 rings (SSSR count). The van der Waals surface area contributed by atoms with Crippen LogP contribution in [0.5, 0.6) is 0 Å². The highest BCUT2D eigenvalue weighted by molar-refractivity contribution is 5.21. The molecule has 0 bridgehead atoms. The van der Waals surface area contributed by atoms with Crippen LogP contribution in [0.15, 0.2) is 43.0 Å². The van der Waals surface area contributed by atoms with E-state index in [0.29, 0.717) is 11.8 Å². The molecule has 1 heterocycles. The molecular formula is C19H26O2. The van der Waals surface area contributed by atoms with E-state index in [1.807, 2.05) is 0 Å². The Morgan fingerprint density at radius 3 is 2.57 bits per heavy atom. The maximum atomic E-state index is 5.92. The highest BCUT2D eigenvalue weighted by Gasteiger charge is 2.37. The second-order valence-electron chi connectivity index (χ2n) is 6.35. The number of benzene rings is 1. The maximum Gasteiger partial charge on any atom is 0.160 e. The van der Waals surface area contributed by atoms with Gasteiger partial charge in [-0.25, -0.2) is 0 Å². The molecule has 2 aliphatic rings. The van der Waals surface area contributed by atoms with Crippen LogP contribution in [0.4, 0.5) is 0 Å². The van der Waals surface area contributed by atoms with Gasteiger partial charge in [0.05, 0.1) is 13.2 Å². The Hall–Kier alpha value is -1.12. The summed E-state index contributed by atoms with van der Waals surface area (Å²) in [4.78, 5) is 0. The van der Waals surface area contributed by atoms with Crippen molar-refractivity contribution < 1.29 is 9.47 Å². The van der Waals surface area contributed by atoms with Crippen molar-refractivity contribution in [2.75, 3.05) is 13.2 Å². The van der Waals surface area contributed by atoms with Crippen molar-refractivity contribution in [1.82, 2.24) is 0 Å². The van der Waals surface area contributed by atoms with Gasteiger partial charge in [-0.05, 0) is 49.5 Å². The summed E-state index contributed by atoms with van der Waals surface area (Å²) in [5.41, 5.74) is 1.44. The predicted octanol–water partition coefficient (Wildman–Crippen LogP) is 4.53. The molecule has 0 spiro atoms. The number of hydrogen-bond acceptors (Lipinski definition) is 2. The van der Waals surface area contributed by atoms with Gasteiger partial charge in [-0.2, -0.15) is 0 Å². The zero-order valence-electron chi connectivity index (χ0n) is 12.7. The summed E-state index contributed by atoms with van der Waals surface area (Å²) in [5.74, 6) is 1.80. The molecule has 114 valence electrons. The smallest absolute Gasteiger partial charge is 0.160 e. The topological polar surface area (TPSA) is 18.5 Å². The van der Waals surface area contributed by atoms with Gasteiger partial charge >= 0.3 is 0 Å². The molecule has 1 aliphatic heterocycles. The van der Waals surface area contributed by atoms with Crippen LogP contribution in [-0.2, 0) is 9.47 Å². The molecule has 1 aromatic rings. The van der Waals surface area contributed by atoms with E-state index >= 15 is 0 Å². The minimum atomic E-state index is -0.00589. The lowest BCUT2D eigenvalue weighted by Crippen LogP contribution is -2.38. The first-order valence-corrected chi connectivity index (χ1v) is 8.27. The fourth-order valence-corrected chi connectivity index (χ4v) is 3.89. The molecule has 3 atom stereocenters. The molecule has 21 heavy (non-hydrogen) atoms. The van der Waals surface area contributed by atoms with E-state index in [9.17, 15) is 0 Å². The predicted molar refractivity (Wildman–Crippen MR) is 85.1 cm³/mol. The van der Waals surface area contributed by atoms with E-state index in [0.717, 1.165) is 32.0 Å². The van der Waals surface area contributed by atoms with Crippen molar-refractivity contribution in [2.45, 2.75) is 44.3 Å². The van der Waals surface area contributed by atoms with Gasteiger partial charge in [0.1, 0.15) is 0 Å². The monoisotopic (exact) mass is 286 g/mol. The van der Waals surface area contributed by atoms with E-state index in [2.05, 4.69) is 43.0 Å². The first-order valence-electron chi connectivity index (χ1n) is 8.27. The van der Waals surface area contributed by atoms with E-state index in [1.54, 1.807) is 0 Å². The molecule has 1 saturated carbocycles. The first kappa shape index (κ1) is 14.8. The average molecular weight is 286 g/mol. The summed E-state index contributed by atoms with van der Waals surface area (Å²) in [5, 5.41) is 0. The normalized spacial score (nSPS) is 31.0. The van der Waals surface area contributed by atoms with Gasteiger partial charge in [0.25, 0.3) is 0 Å². The van der Waals surface area contributed by atoms with Crippen molar-refractivity contribution >= 4 is 0 Å².